The minimum absolute atomic E-state index is 0.0337. The van der Waals surface area contributed by atoms with E-state index in [1.165, 1.54) is 0 Å². The van der Waals surface area contributed by atoms with E-state index in [1.54, 1.807) is 14.2 Å². The van der Waals surface area contributed by atoms with Gasteiger partial charge < -0.3 is 19.5 Å². The van der Waals surface area contributed by atoms with Crippen LogP contribution in [0.15, 0.2) is 18.2 Å². The maximum absolute atomic E-state index is 6.02. The van der Waals surface area contributed by atoms with Crippen LogP contribution in [0.3, 0.4) is 0 Å². The van der Waals surface area contributed by atoms with Crippen molar-refractivity contribution in [1.82, 2.24) is 9.97 Å². The molecule has 1 aromatic carbocycles. The molecule has 1 unspecified atom stereocenters. The quantitative estimate of drug-likeness (QED) is 0.781. The highest BCUT2D eigenvalue weighted by Crippen LogP contribution is 2.29. The zero-order chi connectivity index (χ0) is 18.4. The number of aryl methyl sites for hydroxylation is 2. The summed E-state index contributed by atoms with van der Waals surface area (Å²) in [6.45, 7) is 8.43. The fourth-order valence-corrected chi connectivity index (χ4v) is 2.45. The summed E-state index contributed by atoms with van der Waals surface area (Å²) >= 11 is 0. The summed E-state index contributed by atoms with van der Waals surface area (Å²) in [6.07, 6.45) is 0.810. The van der Waals surface area contributed by atoms with Crippen molar-refractivity contribution in [3.05, 3.63) is 35.2 Å². The lowest BCUT2D eigenvalue weighted by molar-refractivity contribution is 0.0750. The maximum Gasteiger partial charge on any atom is 0.222 e. The molecule has 1 aromatic heterocycles. The summed E-state index contributed by atoms with van der Waals surface area (Å²) in [4.78, 5) is 8.97. The van der Waals surface area contributed by atoms with Gasteiger partial charge >= 0.3 is 0 Å². The second-order valence-corrected chi connectivity index (χ2v) is 5.96. The largest absolute Gasteiger partial charge is 0.497 e. The van der Waals surface area contributed by atoms with Gasteiger partial charge in [0.05, 0.1) is 19.3 Å². The summed E-state index contributed by atoms with van der Waals surface area (Å²) in [6, 6.07) is 5.88. The number of aromatic nitrogens is 2. The Bertz CT molecular complexity index is 719. The van der Waals surface area contributed by atoms with E-state index >= 15 is 0 Å². The average Bonchev–Trinajstić information content (AvgIpc) is 2.59. The molecular formula is C19H27N3O3. The van der Waals surface area contributed by atoms with Crippen LogP contribution in [0.1, 0.15) is 30.3 Å². The molecule has 0 aliphatic rings. The van der Waals surface area contributed by atoms with Crippen molar-refractivity contribution in [2.75, 3.05) is 26.1 Å². The molecule has 0 amide bonds. The van der Waals surface area contributed by atoms with E-state index in [-0.39, 0.29) is 6.10 Å². The Labute approximate surface area is 149 Å². The lowest BCUT2D eigenvalue weighted by Gasteiger charge is -2.19. The number of nitrogens with zero attached hydrogens (tertiary/aromatic N) is 2. The van der Waals surface area contributed by atoms with E-state index in [0.717, 1.165) is 34.8 Å². The van der Waals surface area contributed by atoms with Gasteiger partial charge in [-0.3, -0.25) is 0 Å². The van der Waals surface area contributed by atoms with Crippen LogP contribution < -0.4 is 14.8 Å². The van der Waals surface area contributed by atoms with Crippen LogP contribution in [0, 0.1) is 20.8 Å². The highest BCUT2D eigenvalue weighted by molar-refractivity contribution is 5.65. The Hall–Kier alpha value is -2.34. The molecule has 0 saturated carbocycles. The van der Waals surface area contributed by atoms with Crippen LogP contribution in [-0.4, -0.2) is 36.9 Å². The van der Waals surface area contributed by atoms with Gasteiger partial charge in [-0.15, -0.1) is 0 Å². The van der Waals surface area contributed by atoms with Gasteiger partial charge in [-0.2, -0.15) is 4.98 Å². The number of hydrogen-bond acceptors (Lipinski definition) is 6. The van der Waals surface area contributed by atoms with Crippen molar-refractivity contribution >= 4 is 11.5 Å². The maximum atomic E-state index is 6.02. The van der Waals surface area contributed by atoms with Crippen LogP contribution in [0.5, 0.6) is 11.6 Å². The van der Waals surface area contributed by atoms with E-state index in [0.29, 0.717) is 18.3 Å². The molecule has 0 aliphatic heterocycles. The van der Waals surface area contributed by atoms with Crippen LogP contribution in [-0.2, 0) is 4.74 Å². The topological polar surface area (TPSA) is 65.5 Å². The Morgan fingerprint density at radius 1 is 1.12 bits per heavy atom. The van der Waals surface area contributed by atoms with Crippen molar-refractivity contribution in [2.45, 2.75) is 40.2 Å². The highest BCUT2D eigenvalue weighted by Gasteiger charge is 2.16. The highest BCUT2D eigenvalue weighted by atomic mass is 16.5. The Kier molecular flexibility index (Phi) is 6.58. The first-order valence-corrected chi connectivity index (χ1v) is 8.41. The first-order valence-electron chi connectivity index (χ1n) is 8.41. The van der Waals surface area contributed by atoms with Crippen LogP contribution >= 0.6 is 0 Å². The monoisotopic (exact) mass is 345 g/mol. The molecule has 2 rings (SSSR count). The minimum atomic E-state index is -0.0337. The zero-order valence-corrected chi connectivity index (χ0v) is 15.8. The number of nitrogens with one attached hydrogen (secondary N) is 1. The molecule has 1 heterocycles. The summed E-state index contributed by atoms with van der Waals surface area (Å²) in [7, 11) is 3.33. The second-order valence-electron chi connectivity index (χ2n) is 5.96. The molecule has 6 nitrogen and oxygen atoms in total. The predicted molar refractivity (Wildman–Crippen MR) is 99.1 cm³/mol. The molecule has 0 radical (unpaired) electrons. The molecule has 25 heavy (non-hydrogen) atoms. The standard InChI is InChI=1S/C19H27N3O3/c1-7-15(11-23-5)25-19-13(3)18(20-14(4)21-19)22-17-9-8-16(24-6)10-12(17)2/h8-10,15H,7,11H2,1-6H3,(H,20,21,22). The third kappa shape index (κ3) is 4.82. The number of benzene rings is 1. The van der Waals surface area contributed by atoms with Gasteiger partial charge in [0.15, 0.2) is 0 Å². The summed E-state index contributed by atoms with van der Waals surface area (Å²) in [5.41, 5.74) is 2.91. The molecule has 6 heteroatoms. The Morgan fingerprint density at radius 3 is 2.48 bits per heavy atom. The van der Waals surface area contributed by atoms with Gasteiger partial charge in [0.1, 0.15) is 23.5 Å². The Balaban J connectivity index is 2.29. The molecule has 1 atom stereocenters. The molecule has 0 aliphatic carbocycles. The fraction of sp³-hybridized carbons (Fsp3) is 0.474. The van der Waals surface area contributed by atoms with E-state index in [1.807, 2.05) is 39.0 Å². The summed E-state index contributed by atoms with van der Waals surface area (Å²) in [5, 5.41) is 3.38. The van der Waals surface area contributed by atoms with Gasteiger partial charge in [-0.1, -0.05) is 6.92 Å². The normalized spacial score (nSPS) is 11.9. The number of hydrogen-bond donors (Lipinski definition) is 1. The summed E-state index contributed by atoms with van der Waals surface area (Å²) in [5.74, 6) is 2.81. The first-order chi connectivity index (χ1) is 12.0. The van der Waals surface area contributed by atoms with Crippen molar-refractivity contribution < 1.29 is 14.2 Å². The minimum Gasteiger partial charge on any atom is -0.497 e. The molecular weight excluding hydrogens is 318 g/mol. The first kappa shape index (κ1) is 19.0. The molecule has 2 aromatic rings. The number of ether oxygens (including phenoxy) is 3. The van der Waals surface area contributed by atoms with Crippen molar-refractivity contribution in [1.29, 1.82) is 0 Å². The molecule has 1 N–H and O–H groups in total. The van der Waals surface area contributed by atoms with Crippen molar-refractivity contribution in [3.8, 4) is 11.6 Å². The third-order valence-corrected chi connectivity index (χ3v) is 3.99. The molecule has 136 valence electrons. The van der Waals surface area contributed by atoms with Gasteiger partial charge in [0, 0.05) is 12.8 Å². The molecule has 0 saturated heterocycles. The third-order valence-electron chi connectivity index (χ3n) is 3.99. The van der Waals surface area contributed by atoms with Crippen LogP contribution in [0.25, 0.3) is 0 Å². The second kappa shape index (κ2) is 8.67. The SMILES string of the molecule is CCC(COC)Oc1nc(C)nc(Nc2ccc(OC)cc2C)c1C. The zero-order valence-electron chi connectivity index (χ0n) is 15.8. The van der Waals surface area contributed by atoms with E-state index in [2.05, 4.69) is 22.2 Å². The number of rotatable bonds is 8. The van der Waals surface area contributed by atoms with E-state index in [9.17, 15) is 0 Å². The van der Waals surface area contributed by atoms with Crippen LogP contribution in [0.2, 0.25) is 0 Å². The van der Waals surface area contributed by atoms with E-state index in [4.69, 9.17) is 14.2 Å². The molecule has 0 bridgehead atoms. The van der Waals surface area contributed by atoms with Crippen molar-refractivity contribution in [3.63, 3.8) is 0 Å². The Morgan fingerprint density at radius 2 is 1.88 bits per heavy atom. The predicted octanol–water partition coefficient (Wildman–Crippen LogP) is 3.96. The van der Waals surface area contributed by atoms with Crippen LogP contribution in [0.4, 0.5) is 11.5 Å². The summed E-state index contributed by atoms with van der Waals surface area (Å²) < 4.78 is 16.5. The number of methoxy groups -OCH3 is 2. The van der Waals surface area contributed by atoms with Crippen molar-refractivity contribution in [2.24, 2.45) is 0 Å². The average molecular weight is 345 g/mol. The smallest absolute Gasteiger partial charge is 0.222 e. The lowest BCUT2D eigenvalue weighted by Crippen LogP contribution is -2.22. The van der Waals surface area contributed by atoms with E-state index < -0.39 is 0 Å². The number of anilines is 2. The fourth-order valence-electron chi connectivity index (χ4n) is 2.45. The van der Waals surface area contributed by atoms with Gasteiger partial charge in [-0.25, -0.2) is 4.98 Å². The lowest BCUT2D eigenvalue weighted by atomic mass is 10.2. The molecule has 0 spiro atoms. The van der Waals surface area contributed by atoms with Gasteiger partial charge in [0.25, 0.3) is 0 Å². The van der Waals surface area contributed by atoms with Gasteiger partial charge in [-0.05, 0) is 51.0 Å². The van der Waals surface area contributed by atoms with Gasteiger partial charge in [0.2, 0.25) is 5.88 Å². The molecule has 0 fully saturated rings.